The van der Waals surface area contributed by atoms with Crippen molar-refractivity contribution < 1.29 is 27.5 Å². The molecule has 3 N–H and O–H groups in total. The Bertz CT molecular complexity index is 1040. The molecule has 0 aliphatic carbocycles. The zero-order valence-electron chi connectivity index (χ0n) is 17.9. The lowest BCUT2D eigenvalue weighted by Crippen LogP contribution is -2.63. The summed E-state index contributed by atoms with van der Waals surface area (Å²) in [7, 11) is 0. The van der Waals surface area contributed by atoms with E-state index < -0.39 is 23.8 Å². The van der Waals surface area contributed by atoms with Crippen molar-refractivity contribution >= 4 is 17.5 Å². The fraction of sp³-hybridized carbons (Fsp3) is 0.409. The average molecular weight is 463 g/mol. The summed E-state index contributed by atoms with van der Waals surface area (Å²) in [5.41, 5.74) is 0.827. The number of piperazine rings is 1. The van der Waals surface area contributed by atoms with E-state index in [1.807, 2.05) is 11.8 Å². The molecular formula is C22H24F3N5O3. The van der Waals surface area contributed by atoms with Crippen molar-refractivity contribution in [3.8, 4) is 0 Å². The number of hydrogen-bond acceptors (Lipinski definition) is 6. The third-order valence-corrected chi connectivity index (χ3v) is 5.71. The molecule has 0 spiro atoms. The number of pyridine rings is 1. The lowest BCUT2D eigenvalue weighted by molar-refractivity contribution is -0.137. The summed E-state index contributed by atoms with van der Waals surface area (Å²) in [6.07, 6.45) is -3.61. The maximum absolute atomic E-state index is 13.0. The number of carbonyl (C=O) groups is 2. The maximum Gasteiger partial charge on any atom is 0.416 e. The van der Waals surface area contributed by atoms with Gasteiger partial charge in [0.25, 0.3) is 11.8 Å². The second-order valence-corrected chi connectivity index (χ2v) is 7.95. The van der Waals surface area contributed by atoms with Crippen LogP contribution in [0.2, 0.25) is 0 Å². The van der Waals surface area contributed by atoms with Crippen LogP contribution in [0.15, 0.2) is 36.5 Å². The van der Waals surface area contributed by atoms with Crippen LogP contribution in [0.25, 0.3) is 0 Å². The summed E-state index contributed by atoms with van der Waals surface area (Å²) < 4.78 is 44.3. The van der Waals surface area contributed by atoms with Gasteiger partial charge in [-0.3, -0.25) is 24.8 Å². The van der Waals surface area contributed by atoms with Crippen molar-refractivity contribution in [1.29, 1.82) is 0 Å². The normalized spacial score (nSPS) is 22.0. The first-order valence-electron chi connectivity index (χ1n) is 10.5. The molecular weight excluding hydrogens is 439 g/mol. The Hall–Kier alpha value is -3.02. The summed E-state index contributed by atoms with van der Waals surface area (Å²) in [6, 6.07) is 5.70. The number of nitrogens with one attached hydrogen (secondary N) is 3. The standard InChI is InChI=1S/C22H24F3N5O3/c1-13-17(18-12-27-21(32)19(29-18)30-5-7-33-8-6-30)10-16(11-26-13)28-20(31)14-3-2-4-15(9-14)22(23,24)25/h2-4,9-11,18-19,29H,5-8,12H2,1H3,(H,27,32)(H,28,31). The van der Waals surface area contributed by atoms with Crippen molar-refractivity contribution in [2.75, 3.05) is 38.2 Å². The minimum absolute atomic E-state index is 0.109. The van der Waals surface area contributed by atoms with Gasteiger partial charge in [-0.2, -0.15) is 13.2 Å². The van der Waals surface area contributed by atoms with Gasteiger partial charge in [-0.1, -0.05) is 6.07 Å². The van der Waals surface area contributed by atoms with Crippen molar-refractivity contribution in [2.45, 2.75) is 25.3 Å². The van der Waals surface area contributed by atoms with Crippen LogP contribution in [0.5, 0.6) is 0 Å². The van der Waals surface area contributed by atoms with E-state index in [-0.39, 0.29) is 17.5 Å². The molecule has 4 rings (SSSR count). The van der Waals surface area contributed by atoms with Gasteiger partial charge in [-0.15, -0.1) is 0 Å². The zero-order valence-corrected chi connectivity index (χ0v) is 17.9. The number of aromatic nitrogens is 1. The average Bonchev–Trinajstić information content (AvgIpc) is 2.81. The molecule has 2 aliphatic heterocycles. The van der Waals surface area contributed by atoms with Gasteiger partial charge in [0.2, 0.25) is 0 Å². The lowest BCUT2D eigenvalue weighted by Gasteiger charge is -2.39. The zero-order chi connectivity index (χ0) is 23.6. The number of halogens is 3. The highest BCUT2D eigenvalue weighted by Crippen LogP contribution is 2.30. The fourth-order valence-corrected chi connectivity index (χ4v) is 3.94. The molecule has 8 nitrogen and oxygen atoms in total. The van der Waals surface area contributed by atoms with Crippen LogP contribution in [0, 0.1) is 6.92 Å². The first kappa shape index (κ1) is 23.1. The number of morpholine rings is 1. The van der Waals surface area contributed by atoms with Gasteiger partial charge in [-0.05, 0) is 36.8 Å². The van der Waals surface area contributed by atoms with Crippen LogP contribution < -0.4 is 16.0 Å². The van der Waals surface area contributed by atoms with Gasteiger partial charge < -0.3 is 15.4 Å². The monoisotopic (exact) mass is 463 g/mol. The van der Waals surface area contributed by atoms with Gasteiger partial charge >= 0.3 is 6.18 Å². The topological polar surface area (TPSA) is 95.6 Å². The molecule has 11 heteroatoms. The molecule has 2 unspecified atom stereocenters. The van der Waals surface area contributed by atoms with E-state index in [0.717, 1.165) is 17.7 Å². The predicted molar refractivity (Wildman–Crippen MR) is 113 cm³/mol. The summed E-state index contributed by atoms with van der Waals surface area (Å²) in [6.45, 7) is 4.51. The van der Waals surface area contributed by atoms with Crippen LogP contribution in [-0.2, 0) is 15.7 Å². The Kier molecular flexibility index (Phi) is 6.63. The predicted octanol–water partition coefficient (Wildman–Crippen LogP) is 2.08. The molecule has 0 radical (unpaired) electrons. The highest BCUT2D eigenvalue weighted by atomic mass is 19.4. The van der Waals surface area contributed by atoms with Crippen molar-refractivity contribution in [1.82, 2.24) is 20.5 Å². The third kappa shape index (κ3) is 5.32. The number of benzene rings is 1. The van der Waals surface area contributed by atoms with Crippen molar-refractivity contribution in [3.05, 3.63) is 58.9 Å². The number of amides is 2. The molecule has 176 valence electrons. The Labute approximate surface area is 188 Å². The SMILES string of the molecule is Cc1ncc(NC(=O)c2cccc(C(F)(F)F)c2)cc1C1CNC(=O)C(N2CCOCC2)N1. The van der Waals surface area contributed by atoms with Gasteiger partial charge in [-0.25, -0.2) is 0 Å². The number of ether oxygens (including phenoxy) is 1. The van der Waals surface area contributed by atoms with Crippen LogP contribution in [0.1, 0.15) is 33.2 Å². The Balaban J connectivity index is 1.51. The van der Waals surface area contributed by atoms with Crippen LogP contribution in [0.4, 0.5) is 18.9 Å². The summed E-state index contributed by atoms with van der Waals surface area (Å²) >= 11 is 0. The number of carbonyl (C=O) groups excluding carboxylic acids is 2. The number of rotatable bonds is 4. The molecule has 1 aromatic heterocycles. The molecule has 3 heterocycles. The lowest BCUT2D eigenvalue weighted by atomic mass is 10.0. The van der Waals surface area contributed by atoms with Gasteiger partial charge in [0.05, 0.1) is 36.7 Å². The minimum atomic E-state index is -4.54. The van der Waals surface area contributed by atoms with Gasteiger partial charge in [0, 0.05) is 30.9 Å². The van der Waals surface area contributed by atoms with Crippen LogP contribution in [0.3, 0.4) is 0 Å². The first-order chi connectivity index (χ1) is 15.7. The molecule has 2 saturated heterocycles. The molecule has 2 fully saturated rings. The highest BCUT2D eigenvalue weighted by molar-refractivity contribution is 6.04. The van der Waals surface area contributed by atoms with E-state index in [9.17, 15) is 22.8 Å². The molecule has 33 heavy (non-hydrogen) atoms. The Morgan fingerprint density at radius 2 is 2.00 bits per heavy atom. The number of anilines is 1. The molecule has 0 saturated carbocycles. The highest BCUT2D eigenvalue weighted by Gasteiger charge is 2.34. The number of aryl methyl sites for hydroxylation is 1. The van der Waals surface area contributed by atoms with Crippen molar-refractivity contribution in [2.24, 2.45) is 0 Å². The third-order valence-electron chi connectivity index (χ3n) is 5.71. The molecule has 2 aromatic rings. The maximum atomic E-state index is 13.0. The summed E-state index contributed by atoms with van der Waals surface area (Å²) in [5.74, 6) is -0.790. The van der Waals surface area contributed by atoms with Crippen molar-refractivity contribution in [3.63, 3.8) is 0 Å². The first-order valence-corrected chi connectivity index (χ1v) is 10.5. The molecule has 0 bridgehead atoms. The smallest absolute Gasteiger partial charge is 0.379 e. The quantitative estimate of drug-likeness (QED) is 0.643. The van der Waals surface area contributed by atoms with Crippen LogP contribution >= 0.6 is 0 Å². The van der Waals surface area contributed by atoms with E-state index in [1.165, 1.54) is 18.3 Å². The number of hydrogen-bond donors (Lipinski definition) is 3. The summed E-state index contributed by atoms with van der Waals surface area (Å²) in [5, 5.41) is 8.87. The number of nitrogens with zero attached hydrogens (tertiary/aromatic N) is 2. The fourth-order valence-electron chi connectivity index (χ4n) is 3.94. The second-order valence-electron chi connectivity index (χ2n) is 7.95. The number of alkyl halides is 3. The largest absolute Gasteiger partial charge is 0.416 e. The second kappa shape index (κ2) is 9.46. The van der Waals surface area contributed by atoms with E-state index in [1.54, 1.807) is 6.07 Å². The molecule has 2 aliphatic rings. The minimum Gasteiger partial charge on any atom is -0.379 e. The molecule has 1 aromatic carbocycles. The van der Waals surface area contributed by atoms with Gasteiger partial charge in [0.15, 0.2) is 0 Å². The Morgan fingerprint density at radius 3 is 2.73 bits per heavy atom. The molecule has 2 amide bonds. The van der Waals surface area contributed by atoms with Gasteiger partial charge in [0.1, 0.15) is 6.17 Å². The van der Waals surface area contributed by atoms with E-state index in [2.05, 4.69) is 20.9 Å². The van der Waals surface area contributed by atoms with E-state index >= 15 is 0 Å². The van der Waals surface area contributed by atoms with E-state index in [0.29, 0.717) is 44.2 Å². The summed E-state index contributed by atoms with van der Waals surface area (Å²) in [4.78, 5) is 31.3. The molecule has 2 atom stereocenters. The van der Waals surface area contributed by atoms with Crippen LogP contribution in [-0.4, -0.2) is 60.7 Å². The van der Waals surface area contributed by atoms with E-state index in [4.69, 9.17) is 4.74 Å². The Morgan fingerprint density at radius 1 is 1.24 bits per heavy atom.